The molecule has 0 aromatic carbocycles. The van der Waals surface area contributed by atoms with E-state index < -0.39 is 11.4 Å². The first-order valence-corrected chi connectivity index (χ1v) is 7.65. The van der Waals surface area contributed by atoms with Crippen molar-refractivity contribution >= 4 is 12.0 Å². The molecule has 0 heterocycles. The third-order valence-corrected chi connectivity index (χ3v) is 4.87. The molecule has 3 unspecified atom stereocenters. The number of rotatable bonds is 6. The van der Waals surface area contributed by atoms with Crippen LogP contribution in [0.3, 0.4) is 0 Å². The summed E-state index contributed by atoms with van der Waals surface area (Å²) in [6, 6.07) is -0.430. The second-order valence-corrected chi connectivity index (χ2v) is 6.15. The fourth-order valence-corrected chi connectivity index (χ4v) is 3.17. The molecule has 1 rings (SSSR count). The largest absolute Gasteiger partial charge is 0.481 e. The van der Waals surface area contributed by atoms with Crippen molar-refractivity contribution in [2.24, 2.45) is 11.3 Å². The molecule has 0 saturated heterocycles. The normalized spacial score (nSPS) is 27.4. The molecule has 1 fully saturated rings. The van der Waals surface area contributed by atoms with Crippen molar-refractivity contribution in [1.82, 2.24) is 10.6 Å². The first-order valence-electron chi connectivity index (χ1n) is 7.65. The average Bonchev–Trinajstić information content (AvgIpc) is 2.73. The number of carbonyl (C=O) groups is 2. The van der Waals surface area contributed by atoms with Gasteiger partial charge in [0.2, 0.25) is 0 Å². The Morgan fingerprint density at radius 3 is 2.45 bits per heavy atom. The maximum absolute atomic E-state index is 12.0. The van der Waals surface area contributed by atoms with Crippen LogP contribution in [0.2, 0.25) is 0 Å². The number of nitrogens with one attached hydrogen (secondary N) is 2. The van der Waals surface area contributed by atoms with Gasteiger partial charge in [0.15, 0.2) is 0 Å². The molecule has 0 bridgehead atoms. The van der Waals surface area contributed by atoms with Gasteiger partial charge in [0.25, 0.3) is 0 Å². The first kappa shape index (κ1) is 16.8. The van der Waals surface area contributed by atoms with Crippen LogP contribution in [0.1, 0.15) is 59.8 Å². The molecule has 0 spiro atoms. The topological polar surface area (TPSA) is 78.4 Å². The van der Waals surface area contributed by atoms with Gasteiger partial charge in [-0.15, -0.1) is 0 Å². The predicted molar refractivity (Wildman–Crippen MR) is 78.6 cm³/mol. The molecule has 116 valence electrons. The Bertz CT molecular complexity index is 355. The van der Waals surface area contributed by atoms with Gasteiger partial charge in [-0.25, -0.2) is 4.79 Å². The summed E-state index contributed by atoms with van der Waals surface area (Å²) in [4.78, 5) is 23.4. The van der Waals surface area contributed by atoms with Crippen LogP contribution in [0, 0.1) is 11.3 Å². The summed E-state index contributed by atoms with van der Waals surface area (Å²) in [6.45, 7) is 7.95. The molecule has 20 heavy (non-hydrogen) atoms. The smallest absolute Gasteiger partial charge is 0.315 e. The van der Waals surface area contributed by atoms with E-state index in [0.717, 1.165) is 25.7 Å². The Morgan fingerprint density at radius 2 is 1.95 bits per heavy atom. The molecule has 0 radical (unpaired) electrons. The molecule has 0 aromatic rings. The number of hydrogen-bond donors (Lipinski definition) is 3. The van der Waals surface area contributed by atoms with Gasteiger partial charge < -0.3 is 15.7 Å². The SMILES string of the molecule is CCC(CC)C(C)NC(=O)NC1CCCC1(C)C(=O)O. The van der Waals surface area contributed by atoms with Crippen molar-refractivity contribution in [3.8, 4) is 0 Å². The van der Waals surface area contributed by atoms with E-state index in [1.165, 1.54) is 0 Å². The summed E-state index contributed by atoms with van der Waals surface area (Å²) >= 11 is 0. The number of carboxylic acid groups (broad SMARTS) is 1. The molecule has 3 N–H and O–H groups in total. The Hall–Kier alpha value is -1.26. The highest BCUT2D eigenvalue weighted by atomic mass is 16.4. The standard InChI is InChI=1S/C15H28N2O3/c1-5-11(6-2)10(3)16-14(20)17-12-8-7-9-15(12,4)13(18)19/h10-12H,5-9H2,1-4H3,(H,18,19)(H2,16,17,20). The van der Waals surface area contributed by atoms with E-state index in [9.17, 15) is 14.7 Å². The quantitative estimate of drug-likeness (QED) is 0.701. The number of hydrogen-bond acceptors (Lipinski definition) is 2. The van der Waals surface area contributed by atoms with Gasteiger partial charge >= 0.3 is 12.0 Å². The van der Waals surface area contributed by atoms with Crippen LogP contribution in [0.25, 0.3) is 0 Å². The van der Waals surface area contributed by atoms with Gasteiger partial charge in [-0.2, -0.15) is 0 Å². The van der Waals surface area contributed by atoms with Gasteiger partial charge in [-0.05, 0) is 32.6 Å². The van der Waals surface area contributed by atoms with Gasteiger partial charge in [0, 0.05) is 12.1 Å². The van der Waals surface area contributed by atoms with Crippen LogP contribution >= 0.6 is 0 Å². The summed E-state index contributed by atoms with van der Waals surface area (Å²) in [6.07, 6.45) is 4.24. The highest BCUT2D eigenvalue weighted by Gasteiger charge is 2.46. The lowest BCUT2D eigenvalue weighted by Gasteiger charge is -2.29. The third kappa shape index (κ3) is 3.64. The number of urea groups is 1. The van der Waals surface area contributed by atoms with Gasteiger partial charge in [0.05, 0.1) is 5.41 Å². The number of carboxylic acids is 1. The minimum Gasteiger partial charge on any atom is -0.481 e. The summed E-state index contributed by atoms with van der Waals surface area (Å²) in [5.41, 5.74) is -0.838. The average molecular weight is 284 g/mol. The van der Waals surface area contributed by atoms with E-state index in [2.05, 4.69) is 24.5 Å². The lowest BCUT2D eigenvalue weighted by molar-refractivity contribution is -0.148. The van der Waals surface area contributed by atoms with Crippen LogP contribution < -0.4 is 10.6 Å². The Morgan fingerprint density at radius 1 is 1.35 bits per heavy atom. The lowest BCUT2D eigenvalue weighted by atomic mass is 9.85. The van der Waals surface area contributed by atoms with E-state index in [0.29, 0.717) is 12.3 Å². The lowest BCUT2D eigenvalue weighted by Crippen LogP contribution is -2.52. The van der Waals surface area contributed by atoms with E-state index in [-0.39, 0.29) is 18.1 Å². The zero-order valence-electron chi connectivity index (χ0n) is 13.0. The van der Waals surface area contributed by atoms with Crippen molar-refractivity contribution < 1.29 is 14.7 Å². The molecule has 5 heteroatoms. The van der Waals surface area contributed by atoms with E-state index in [1.54, 1.807) is 6.92 Å². The summed E-state index contributed by atoms with van der Waals surface area (Å²) < 4.78 is 0. The van der Waals surface area contributed by atoms with Gasteiger partial charge in [-0.1, -0.05) is 33.1 Å². The molecular formula is C15H28N2O3. The fourth-order valence-electron chi connectivity index (χ4n) is 3.17. The summed E-state index contributed by atoms with van der Waals surface area (Å²) in [7, 11) is 0. The van der Waals surface area contributed by atoms with Crippen LogP contribution in [0.4, 0.5) is 4.79 Å². The van der Waals surface area contributed by atoms with Gasteiger partial charge in [0.1, 0.15) is 0 Å². The minimum atomic E-state index is -0.838. The van der Waals surface area contributed by atoms with E-state index in [4.69, 9.17) is 0 Å². The van der Waals surface area contributed by atoms with Gasteiger partial charge in [-0.3, -0.25) is 4.79 Å². The maximum Gasteiger partial charge on any atom is 0.315 e. The van der Waals surface area contributed by atoms with E-state index >= 15 is 0 Å². The Labute approximate surface area is 121 Å². The second-order valence-electron chi connectivity index (χ2n) is 6.15. The molecule has 3 atom stereocenters. The van der Waals surface area contributed by atoms with Crippen molar-refractivity contribution in [2.75, 3.05) is 0 Å². The first-order chi connectivity index (χ1) is 9.35. The van der Waals surface area contributed by atoms with Crippen molar-refractivity contribution in [3.63, 3.8) is 0 Å². The number of amides is 2. The van der Waals surface area contributed by atoms with Crippen molar-refractivity contribution in [3.05, 3.63) is 0 Å². The molecular weight excluding hydrogens is 256 g/mol. The Kier molecular flexibility index (Phi) is 5.84. The second kappa shape index (κ2) is 6.95. The monoisotopic (exact) mass is 284 g/mol. The van der Waals surface area contributed by atoms with Crippen LogP contribution in [0.15, 0.2) is 0 Å². The molecule has 2 amide bonds. The van der Waals surface area contributed by atoms with Crippen LogP contribution in [-0.2, 0) is 4.79 Å². The van der Waals surface area contributed by atoms with Crippen molar-refractivity contribution in [1.29, 1.82) is 0 Å². The molecule has 1 saturated carbocycles. The maximum atomic E-state index is 12.0. The number of aliphatic carboxylic acids is 1. The van der Waals surface area contributed by atoms with Crippen molar-refractivity contribution in [2.45, 2.75) is 71.9 Å². The molecule has 0 aromatic heterocycles. The van der Waals surface area contributed by atoms with Crippen LogP contribution in [-0.4, -0.2) is 29.2 Å². The molecule has 0 aliphatic heterocycles. The highest BCUT2D eigenvalue weighted by Crippen LogP contribution is 2.38. The third-order valence-electron chi connectivity index (χ3n) is 4.87. The summed E-state index contributed by atoms with van der Waals surface area (Å²) in [5, 5.41) is 15.1. The molecule has 1 aliphatic rings. The van der Waals surface area contributed by atoms with E-state index in [1.807, 2.05) is 6.92 Å². The Balaban J connectivity index is 2.56. The molecule has 1 aliphatic carbocycles. The highest BCUT2D eigenvalue weighted by molar-refractivity contribution is 5.79. The summed E-state index contributed by atoms with van der Waals surface area (Å²) in [5.74, 6) is -0.372. The molecule has 5 nitrogen and oxygen atoms in total. The minimum absolute atomic E-state index is 0.0995. The zero-order chi connectivity index (χ0) is 15.3. The zero-order valence-corrected chi connectivity index (χ0v) is 13.0. The fraction of sp³-hybridized carbons (Fsp3) is 0.867. The predicted octanol–water partition coefficient (Wildman–Crippen LogP) is 2.75. The van der Waals surface area contributed by atoms with Crippen LogP contribution in [0.5, 0.6) is 0 Å². The number of carbonyl (C=O) groups excluding carboxylic acids is 1.